The molecular weight excluding hydrogens is 334 g/mol. The van der Waals surface area contributed by atoms with E-state index < -0.39 is 10.0 Å². The molecule has 0 aromatic heterocycles. The molecule has 2 aromatic carbocycles. The summed E-state index contributed by atoms with van der Waals surface area (Å²) in [6.07, 6.45) is 0. The summed E-state index contributed by atoms with van der Waals surface area (Å²) >= 11 is 0. The zero-order valence-corrected chi connectivity index (χ0v) is 16.4. The van der Waals surface area contributed by atoms with Crippen LogP contribution in [0.2, 0.25) is 0 Å². The van der Waals surface area contributed by atoms with Crippen molar-refractivity contribution in [3.05, 3.63) is 59.2 Å². The fraction of sp³-hybridized carbons (Fsp3) is 0.400. The molecule has 25 heavy (non-hydrogen) atoms. The van der Waals surface area contributed by atoms with Crippen LogP contribution in [0.5, 0.6) is 5.75 Å². The Morgan fingerprint density at radius 3 is 2.16 bits per heavy atom. The Hall–Kier alpha value is -1.85. The zero-order valence-electron chi connectivity index (χ0n) is 15.6. The molecule has 0 saturated heterocycles. The van der Waals surface area contributed by atoms with Crippen LogP contribution in [-0.2, 0) is 15.4 Å². The Labute approximate surface area is 151 Å². The fourth-order valence-corrected chi connectivity index (χ4v) is 3.46. The predicted molar refractivity (Wildman–Crippen MR) is 102 cm³/mol. The van der Waals surface area contributed by atoms with Crippen LogP contribution in [0.4, 0.5) is 0 Å². The molecule has 1 N–H and O–H groups in total. The molecule has 0 atom stereocenters. The highest BCUT2D eigenvalue weighted by molar-refractivity contribution is 7.89. The number of hydrogen-bond acceptors (Lipinski definition) is 3. The Bertz CT molecular complexity index is 819. The van der Waals surface area contributed by atoms with Crippen LogP contribution in [0, 0.1) is 13.8 Å². The van der Waals surface area contributed by atoms with Crippen molar-refractivity contribution in [3.63, 3.8) is 0 Å². The molecule has 0 bridgehead atoms. The maximum absolute atomic E-state index is 12.3. The summed E-state index contributed by atoms with van der Waals surface area (Å²) in [7, 11) is -3.51. The van der Waals surface area contributed by atoms with Crippen LogP contribution in [0.3, 0.4) is 0 Å². The normalized spacial score (nSPS) is 12.2. The van der Waals surface area contributed by atoms with E-state index >= 15 is 0 Å². The lowest BCUT2D eigenvalue weighted by molar-refractivity contribution is 0.322. The molecule has 5 heteroatoms. The SMILES string of the molecule is Cc1ccc(S(=O)(=O)NCCOc2ccc(C(C)(C)C)cc2)cc1C. The van der Waals surface area contributed by atoms with Crippen molar-refractivity contribution < 1.29 is 13.2 Å². The summed E-state index contributed by atoms with van der Waals surface area (Å²) < 4.78 is 32.8. The molecule has 0 heterocycles. The first-order valence-corrected chi connectivity index (χ1v) is 9.88. The highest BCUT2D eigenvalue weighted by Crippen LogP contribution is 2.24. The first kappa shape index (κ1) is 19.5. The summed E-state index contributed by atoms with van der Waals surface area (Å²) in [5.74, 6) is 0.735. The number of ether oxygens (including phenoxy) is 1. The van der Waals surface area contributed by atoms with Gasteiger partial charge in [-0.05, 0) is 60.2 Å². The lowest BCUT2D eigenvalue weighted by atomic mass is 9.87. The quantitative estimate of drug-likeness (QED) is 0.793. The van der Waals surface area contributed by atoms with Gasteiger partial charge in [0, 0.05) is 6.54 Å². The molecule has 136 valence electrons. The average molecular weight is 362 g/mol. The van der Waals surface area contributed by atoms with Crippen molar-refractivity contribution >= 4 is 10.0 Å². The Balaban J connectivity index is 1.89. The smallest absolute Gasteiger partial charge is 0.240 e. The van der Waals surface area contributed by atoms with Crippen LogP contribution >= 0.6 is 0 Å². The number of aryl methyl sites for hydroxylation is 2. The van der Waals surface area contributed by atoms with E-state index in [0.717, 1.165) is 16.9 Å². The minimum Gasteiger partial charge on any atom is -0.492 e. The van der Waals surface area contributed by atoms with Gasteiger partial charge in [0.1, 0.15) is 12.4 Å². The van der Waals surface area contributed by atoms with Gasteiger partial charge in [0.05, 0.1) is 4.90 Å². The van der Waals surface area contributed by atoms with E-state index in [0.29, 0.717) is 0 Å². The van der Waals surface area contributed by atoms with E-state index in [2.05, 4.69) is 25.5 Å². The predicted octanol–water partition coefficient (Wildman–Crippen LogP) is 3.96. The third-order valence-corrected chi connectivity index (χ3v) is 5.63. The van der Waals surface area contributed by atoms with Gasteiger partial charge in [-0.1, -0.05) is 39.0 Å². The molecule has 0 radical (unpaired) electrons. The number of rotatable bonds is 6. The first-order chi connectivity index (χ1) is 11.6. The van der Waals surface area contributed by atoms with Gasteiger partial charge in [0.25, 0.3) is 0 Å². The Kier molecular flexibility index (Phi) is 5.91. The second kappa shape index (κ2) is 7.58. The average Bonchev–Trinajstić information content (AvgIpc) is 2.53. The molecule has 0 aliphatic rings. The molecule has 0 amide bonds. The standard InChI is InChI=1S/C20H27NO3S/c1-15-6-11-19(14-16(15)2)25(22,23)21-12-13-24-18-9-7-17(8-10-18)20(3,4)5/h6-11,14,21H,12-13H2,1-5H3. The zero-order chi connectivity index (χ0) is 18.7. The molecular formula is C20H27NO3S. The molecule has 2 aromatic rings. The van der Waals surface area contributed by atoms with Crippen LogP contribution < -0.4 is 9.46 Å². The lowest BCUT2D eigenvalue weighted by Crippen LogP contribution is -2.28. The van der Waals surface area contributed by atoms with Crippen molar-refractivity contribution in [1.29, 1.82) is 0 Å². The van der Waals surface area contributed by atoms with Crippen molar-refractivity contribution in [2.75, 3.05) is 13.2 Å². The van der Waals surface area contributed by atoms with Gasteiger partial charge in [-0.25, -0.2) is 13.1 Å². The molecule has 2 rings (SSSR count). The molecule has 0 unspecified atom stereocenters. The molecule has 0 fully saturated rings. The monoisotopic (exact) mass is 361 g/mol. The second-order valence-electron chi connectivity index (χ2n) is 7.27. The summed E-state index contributed by atoms with van der Waals surface area (Å²) in [4.78, 5) is 0.283. The molecule has 0 aliphatic heterocycles. The molecule has 0 aliphatic carbocycles. The largest absolute Gasteiger partial charge is 0.492 e. The summed E-state index contributed by atoms with van der Waals surface area (Å²) in [5.41, 5.74) is 3.36. The van der Waals surface area contributed by atoms with Gasteiger partial charge in [-0.3, -0.25) is 0 Å². The highest BCUT2D eigenvalue weighted by atomic mass is 32.2. The van der Waals surface area contributed by atoms with Gasteiger partial charge in [0.2, 0.25) is 10.0 Å². The van der Waals surface area contributed by atoms with Crippen LogP contribution in [0.15, 0.2) is 47.4 Å². The van der Waals surface area contributed by atoms with Crippen molar-refractivity contribution in [1.82, 2.24) is 4.72 Å². The number of nitrogens with one attached hydrogen (secondary N) is 1. The Morgan fingerprint density at radius 1 is 0.960 bits per heavy atom. The molecule has 4 nitrogen and oxygen atoms in total. The summed E-state index contributed by atoms with van der Waals surface area (Å²) in [6, 6.07) is 13.0. The van der Waals surface area contributed by atoms with Crippen LogP contribution in [0.1, 0.15) is 37.5 Å². The Morgan fingerprint density at radius 2 is 1.60 bits per heavy atom. The van der Waals surface area contributed by atoms with Crippen molar-refractivity contribution in [3.8, 4) is 5.75 Å². The summed E-state index contributed by atoms with van der Waals surface area (Å²) in [6.45, 7) is 10.8. The van der Waals surface area contributed by atoms with E-state index in [1.807, 2.05) is 44.2 Å². The first-order valence-electron chi connectivity index (χ1n) is 8.40. The number of sulfonamides is 1. The number of benzene rings is 2. The van der Waals surface area contributed by atoms with Crippen molar-refractivity contribution in [2.24, 2.45) is 0 Å². The minimum atomic E-state index is -3.51. The van der Waals surface area contributed by atoms with Gasteiger partial charge >= 0.3 is 0 Å². The van der Waals surface area contributed by atoms with Crippen molar-refractivity contribution in [2.45, 2.75) is 44.9 Å². The van der Waals surface area contributed by atoms with Gasteiger partial charge < -0.3 is 4.74 Å². The third-order valence-electron chi connectivity index (χ3n) is 4.17. The molecule has 0 spiro atoms. The van der Waals surface area contributed by atoms with Crippen LogP contribution in [-0.4, -0.2) is 21.6 Å². The van der Waals surface area contributed by atoms with E-state index in [4.69, 9.17) is 4.74 Å². The van der Waals surface area contributed by atoms with Gasteiger partial charge in [0.15, 0.2) is 0 Å². The van der Waals surface area contributed by atoms with Gasteiger partial charge in [-0.15, -0.1) is 0 Å². The summed E-state index contributed by atoms with van der Waals surface area (Å²) in [5, 5.41) is 0. The maximum atomic E-state index is 12.3. The van der Waals surface area contributed by atoms with Gasteiger partial charge in [-0.2, -0.15) is 0 Å². The number of hydrogen-bond donors (Lipinski definition) is 1. The fourth-order valence-electron chi connectivity index (χ4n) is 2.36. The minimum absolute atomic E-state index is 0.0976. The second-order valence-corrected chi connectivity index (χ2v) is 9.03. The van der Waals surface area contributed by atoms with Crippen LogP contribution in [0.25, 0.3) is 0 Å². The topological polar surface area (TPSA) is 55.4 Å². The molecule has 0 saturated carbocycles. The highest BCUT2D eigenvalue weighted by Gasteiger charge is 2.15. The van der Waals surface area contributed by atoms with E-state index in [-0.39, 0.29) is 23.5 Å². The third kappa shape index (κ3) is 5.31. The lowest BCUT2D eigenvalue weighted by Gasteiger charge is -2.19. The van der Waals surface area contributed by atoms with E-state index in [1.165, 1.54) is 5.56 Å². The van der Waals surface area contributed by atoms with E-state index in [9.17, 15) is 8.42 Å². The van der Waals surface area contributed by atoms with E-state index in [1.54, 1.807) is 12.1 Å². The maximum Gasteiger partial charge on any atom is 0.240 e.